The third-order valence-corrected chi connectivity index (χ3v) is 23.4. The van der Waals surface area contributed by atoms with Gasteiger partial charge in [-0.2, -0.15) is 0 Å². The Morgan fingerprint density at radius 1 is 0.201 bits per heavy atom. The molecule has 22 heteroatoms. The van der Waals surface area contributed by atoms with Crippen LogP contribution in [0.25, 0.3) is 55.6 Å². The molecule has 20 nitrogen and oxygen atoms in total. The van der Waals surface area contributed by atoms with E-state index in [4.69, 9.17) is 47.4 Å². The van der Waals surface area contributed by atoms with Crippen molar-refractivity contribution in [3.63, 3.8) is 0 Å². The predicted molar refractivity (Wildman–Crippen MR) is 533 cm³/mol. The van der Waals surface area contributed by atoms with Gasteiger partial charge in [0, 0.05) is 67.4 Å². The van der Waals surface area contributed by atoms with Crippen LogP contribution in [0.5, 0.6) is 57.5 Å². The molecule has 0 amide bonds. The van der Waals surface area contributed by atoms with Crippen LogP contribution in [0.4, 0.5) is 8.78 Å². The van der Waals surface area contributed by atoms with E-state index < -0.39 is 71.3 Å². The maximum atomic E-state index is 14.8. The van der Waals surface area contributed by atoms with Gasteiger partial charge in [-0.25, -0.2) is 56.7 Å². The average Bonchev–Trinajstić information content (AvgIpc) is 1.68. The Labute approximate surface area is 809 Å². The molecular weight excluding hydrogens is 1760 g/mol. The Kier molecular flexibility index (Phi) is 34.4. The maximum Gasteiger partial charge on any atom is 0.338 e. The Morgan fingerprint density at radius 2 is 0.424 bits per heavy atom. The number of fused-ring (bicyclic) bond motifs is 5. The van der Waals surface area contributed by atoms with Crippen LogP contribution in [0.15, 0.2) is 279 Å². The molecule has 0 aliphatic heterocycles. The number of hydrogen-bond donors (Lipinski definition) is 0. The van der Waals surface area contributed by atoms with E-state index in [9.17, 15) is 56.7 Å². The van der Waals surface area contributed by atoms with Crippen LogP contribution < -0.4 is 47.4 Å². The highest BCUT2D eigenvalue weighted by molar-refractivity contribution is 5.95. The number of carbonyl (C=O) groups is 10. The standard InChI is InChI=1S/2C24H24O4.2C23H21FO4.C23H22O4/c1-14(2)23(25)27-21-11-9-17(13-16(21)5)18-10-12-22(28-24(26)15(3)4)20-8-6-7-19(18)20;1-14(2)23(25)27-17-9-10-18(16(5)13-17)20-11-12-22(28-24(26)15(3)4)21-8-6-7-19(20)21;1-13(2)22(25)27-20-11-9-16(17-6-5-7-18(17)20)15-8-10-21(19(24)12-15)28-23(26)14(3)4;1-13(2)22(25)27-15-8-9-18(20(24)12-15)17-10-11-21(28-23(26)14(3)4)19-7-5-6-16(17)19;1-14(2)22(24)26-17-10-8-16(9-11-17)18-12-13-21(27-23(25)15(3)4)20-7-5-6-19(18)20/h2*9-13H,1,3,6-8H2,2,4-5H3;2*8-12H,1,3,5-7H2,2,4H3;8-13H,1,3,5-7H2,2,4H3. The normalized spacial score (nSPS) is 12.2. The number of benzene rings is 10. The number of hydrogen-bond acceptors (Lipinski definition) is 20. The lowest BCUT2D eigenvalue weighted by molar-refractivity contribution is -0.131. The Bertz CT molecular complexity index is 6490. The first kappa shape index (κ1) is 104. The zero-order valence-corrected chi connectivity index (χ0v) is 80.6. The van der Waals surface area contributed by atoms with Crippen molar-refractivity contribution < 1.29 is 104 Å². The van der Waals surface area contributed by atoms with Crippen molar-refractivity contribution in [3.05, 3.63) is 358 Å². The minimum Gasteiger partial charge on any atom is -0.423 e. The van der Waals surface area contributed by atoms with Gasteiger partial charge in [-0.05, 0) is 387 Å². The van der Waals surface area contributed by atoms with Gasteiger partial charge in [-0.1, -0.05) is 126 Å². The summed E-state index contributed by atoms with van der Waals surface area (Å²) < 4.78 is 82.6. The third-order valence-electron chi connectivity index (χ3n) is 23.4. The van der Waals surface area contributed by atoms with Gasteiger partial charge in [0.25, 0.3) is 0 Å². The predicted octanol–water partition coefficient (Wildman–Crippen LogP) is 24.9. The fourth-order valence-electron chi connectivity index (χ4n) is 16.2. The van der Waals surface area contributed by atoms with Gasteiger partial charge in [0.1, 0.15) is 57.6 Å². The molecule has 0 atom stereocenters. The maximum absolute atomic E-state index is 14.8. The van der Waals surface area contributed by atoms with Crippen molar-refractivity contribution in [2.45, 2.75) is 179 Å². The molecule has 0 N–H and O–H groups in total. The molecule has 10 aromatic rings. The van der Waals surface area contributed by atoms with E-state index in [1.165, 1.54) is 48.7 Å². The quantitative estimate of drug-likeness (QED) is 0.0292. The third kappa shape index (κ3) is 25.9. The van der Waals surface area contributed by atoms with Gasteiger partial charge >= 0.3 is 59.7 Å². The first-order valence-corrected chi connectivity index (χ1v) is 45.4. The van der Waals surface area contributed by atoms with E-state index in [0.717, 1.165) is 191 Å². The Hall–Kier alpha value is -15.8. The van der Waals surface area contributed by atoms with E-state index in [1.54, 1.807) is 110 Å². The molecule has 0 aromatic heterocycles. The summed E-state index contributed by atoms with van der Waals surface area (Å²) >= 11 is 0. The number of esters is 10. The van der Waals surface area contributed by atoms with Crippen LogP contribution in [0.1, 0.15) is 168 Å². The van der Waals surface area contributed by atoms with E-state index in [1.807, 2.05) is 98.8 Å². The molecule has 139 heavy (non-hydrogen) atoms. The summed E-state index contributed by atoms with van der Waals surface area (Å²) in [4.78, 5) is 118. The molecule has 15 rings (SSSR count). The summed E-state index contributed by atoms with van der Waals surface area (Å²) in [5.41, 5.74) is 25.2. The van der Waals surface area contributed by atoms with Gasteiger partial charge in [-0.15, -0.1) is 0 Å². The number of carbonyl (C=O) groups excluding carboxylic acids is 10. The summed E-state index contributed by atoms with van der Waals surface area (Å²) in [6.45, 7) is 55.8. The van der Waals surface area contributed by atoms with Gasteiger partial charge in [0.15, 0.2) is 11.6 Å². The molecule has 10 aromatic carbocycles. The minimum absolute atomic E-state index is 0.123. The van der Waals surface area contributed by atoms with Crippen molar-refractivity contribution >= 4 is 59.7 Å². The Morgan fingerprint density at radius 3 is 0.734 bits per heavy atom. The van der Waals surface area contributed by atoms with Crippen molar-refractivity contribution in [3.8, 4) is 113 Å². The summed E-state index contributed by atoms with van der Waals surface area (Å²) in [6.07, 6.45) is 13.5. The molecule has 0 heterocycles. The Balaban J connectivity index is 0.000000166. The van der Waals surface area contributed by atoms with Crippen molar-refractivity contribution in [2.24, 2.45) is 0 Å². The molecule has 5 aliphatic rings. The fraction of sp³-hybridized carbons (Fsp3) is 0.231. The molecule has 5 aliphatic carbocycles. The molecular formula is C117H112F2O20. The topological polar surface area (TPSA) is 263 Å². The van der Waals surface area contributed by atoms with E-state index in [2.05, 4.69) is 65.8 Å². The number of ether oxygens (including phenoxy) is 10. The summed E-state index contributed by atoms with van der Waals surface area (Å²) in [6, 6.07) is 46.1. The van der Waals surface area contributed by atoms with Crippen molar-refractivity contribution in [1.82, 2.24) is 0 Å². The highest BCUT2D eigenvalue weighted by Gasteiger charge is 2.31. The minimum atomic E-state index is -0.670. The van der Waals surface area contributed by atoms with Gasteiger partial charge in [0.2, 0.25) is 0 Å². The monoisotopic (exact) mass is 1870 g/mol. The van der Waals surface area contributed by atoms with Crippen LogP contribution in [0.2, 0.25) is 0 Å². The van der Waals surface area contributed by atoms with Crippen LogP contribution in [-0.2, 0) is 112 Å². The van der Waals surface area contributed by atoms with Crippen LogP contribution in [0.3, 0.4) is 0 Å². The van der Waals surface area contributed by atoms with Gasteiger partial charge in [0.05, 0.1) is 0 Å². The second kappa shape index (κ2) is 46.1. The van der Waals surface area contributed by atoms with Crippen molar-refractivity contribution in [1.29, 1.82) is 0 Å². The number of aryl methyl sites for hydroxylation is 2. The summed E-state index contributed by atoms with van der Waals surface area (Å²) in [5.74, 6) is -1.47. The number of rotatable bonds is 25. The zero-order valence-electron chi connectivity index (χ0n) is 80.6. The van der Waals surface area contributed by atoms with E-state index in [-0.39, 0.29) is 22.6 Å². The molecule has 0 radical (unpaired) electrons. The molecule has 0 spiro atoms. The molecule has 0 bridgehead atoms. The van der Waals surface area contributed by atoms with Crippen LogP contribution >= 0.6 is 0 Å². The molecule has 714 valence electrons. The SMILES string of the molecule is C=C(C)C(=O)Oc1ccc(-c2ccc(OC(=O)C(=C)C)c3c2CCC3)c(C)c1.C=C(C)C(=O)Oc1ccc(-c2ccc(OC(=O)C(=C)C)c3c2CCC3)c(F)c1.C=C(C)C(=O)Oc1ccc(-c2ccc(OC(=O)C(=C)C)c3c2CCC3)cc1.C=C(C)C(=O)Oc1ccc(-c2ccc(OC(=O)C(=C)C)c3c2CCC3)cc1C.C=C(C)C(=O)Oc1ccc(-c2ccc(OC(=O)C(=C)C)c3c2CCC3)cc1F. The molecule has 0 fully saturated rings. The lowest BCUT2D eigenvalue weighted by atomic mass is 9.93. The lowest BCUT2D eigenvalue weighted by Crippen LogP contribution is -2.10. The van der Waals surface area contributed by atoms with Crippen LogP contribution in [-0.4, -0.2) is 59.7 Å². The largest absolute Gasteiger partial charge is 0.423 e. The first-order valence-electron chi connectivity index (χ1n) is 45.4. The van der Waals surface area contributed by atoms with E-state index in [0.29, 0.717) is 102 Å². The highest BCUT2D eigenvalue weighted by Crippen LogP contribution is 2.46. The summed E-state index contributed by atoms with van der Waals surface area (Å²) in [5, 5.41) is 0. The smallest absolute Gasteiger partial charge is 0.338 e. The average molecular weight is 1880 g/mol. The van der Waals surface area contributed by atoms with Crippen molar-refractivity contribution in [2.75, 3.05) is 0 Å². The molecule has 0 saturated heterocycles. The molecule has 0 unspecified atom stereocenters. The first-order chi connectivity index (χ1) is 66.0. The van der Waals surface area contributed by atoms with Gasteiger partial charge in [-0.3, -0.25) is 0 Å². The second-order valence-corrected chi connectivity index (χ2v) is 35.1. The van der Waals surface area contributed by atoms with E-state index >= 15 is 0 Å². The number of halogens is 2. The zero-order chi connectivity index (χ0) is 101. The highest BCUT2D eigenvalue weighted by atomic mass is 19.1. The fourth-order valence-corrected chi connectivity index (χ4v) is 16.2. The van der Waals surface area contributed by atoms with Crippen LogP contribution in [0, 0.1) is 25.5 Å². The second-order valence-electron chi connectivity index (χ2n) is 35.1. The summed E-state index contributed by atoms with van der Waals surface area (Å²) in [7, 11) is 0. The molecule has 0 saturated carbocycles. The lowest BCUT2D eigenvalue weighted by Gasteiger charge is -2.16. The van der Waals surface area contributed by atoms with Gasteiger partial charge < -0.3 is 47.4 Å².